The van der Waals surface area contributed by atoms with Crippen molar-refractivity contribution in [1.29, 1.82) is 0 Å². The van der Waals surface area contributed by atoms with Gasteiger partial charge in [-0.3, -0.25) is 0 Å². The molecule has 0 heterocycles. The monoisotopic (exact) mass is 207 g/mol. The molecule has 1 aliphatic carbocycles. The van der Waals surface area contributed by atoms with Crippen LogP contribution in [0.3, 0.4) is 0 Å². The molecule has 1 rings (SSSR count). The minimum absolute atomic E-state index is 0.0334. The van der Waals surface area contributed by atoms with Gasteiger partial charge < -0.3 is 5.11 Å². The molecule has 0 aromatic heterocycles. The standard InChI is InChI=1S/C8H17NO3S/c1-2-7(5-6-10)9-13(11,12)8-3-4-8/h7-10H,2-6H2,1H3. The molecule has 0 aromatic rings. The molecule has 78 valence electrons. The molecule has 0 aromatic carbocycles. The molecule has 1 unspecified atom stereocenters. The van der Waals surface area contributed by atoms with Crippen LogP contribution in [0.25, 0.3) is 0 Å². The van der Waals surface area contributed by atoms with Gasteiger partial charge in [0.25, 0.3) is 0 Å². The van der Waals surface area contributed by atoms with Crippen molar-refractivity contribution in [3.05, 3.63) is 0 Å². The Hall–Kier alpha value is -0.130. The van der Waals surface area contributed by atoms with Crippen LogP contribution in [0, 0.1) is 0 Å². The van der Waals surface area contributed by atoms with Crippen LogP contribution in [0.4, 0.5) is 0 Å². The average molecular weight is 207 g/mol. The summed E-state index contributed by atoms with van der Waals surface area (Å²) < 4.78 is 25.5. The second kappa shape index (κ2) is 4.39. The normalized spacial score (nSPS) is 20.2. The molecule has 0 aliphatic heterocycles. The van der Waals surface area contributed by atoms with E-state index in [-0.39, 0.29) is 17.9 Å². The first-order chi connectivity index (χ1) is 6.10. The predicted octanol–water partition coefficient (Wildman–Crippen LogP) is 0.229. The second-order valence-electron chi connectivity index (χ2n) is 3.48. The van der Waals surface area contributed by atoms with Gasteiger partial charge in [0.15, 0.2) is 0 Å². The maximum Gasteiger partial charge on any atom is 0.214 e. The molecule has 0 spiro atoms. The summed E-state index contributed by atoms with van der Waals surface area (Å²) in [5.41, 5.74) is 0. The van der Waals surface area contributed by atoms with Crippen LogP contribution in [0.1, 0.15) is 32.6 Å². The maximum atomic E-state index is 11.4. The molecule has 0 bridgehead atoms. The summed E-state index contributed by atoms with van der Waals surface area (Å²) in [7, 11) is -3.08. The number of sulfonamides is 1. The number of rotatable bonds is 6. The molecule has 4 nitrogen and oxygen atoms in total. The third-order valence-electron chi connectivity index (χ3n) is 2.26. The Morgan fingerprint density at radius 3 is 2.54 bits per heavy atom. The zero-order chi connectivity index (χ0) is 9.90. The summed E-state index contributed by atoms with van der Waals surface area (Å²) in [5.74, 6) is 0. The Kier molecular flexibility index (Phi) is 3.70. The van der Waals surface area contributed by atoms with Crippen molar-refractivity contribution in [2.45, 2.75) is 43.9 Å². The smallest absolute Gasteiger partial charge is 0.214 e. The van der Waals surface area contributed by atoms with Crippen molar-refractivity contribution in [3.8, 4) is 0 Å². The fourth-order valence-electron chi connectivity index (χ4n) is 1.21. The van der Waals surface area contributed by atoms with Crippen molar-refractivity contribution < 1.29 is 13.5 Å². The van der Waals surface area contributed by atoms with E-state index in [9.17, 15) is 8.42 Å². The molecule has 0 radical (unpaired) electrons. The first kappa shape index (κ1) is 10.9. The lowest BCUT2D eigenvalue weighted by atomic mass is 10.2. The third-order valence-corrected chi connectivity index (χ3v) is 4.28. The summed E-state index contributed by atoms with van der Waals surface area (Å²) in [5, 5.41) is 8.52. The van der Waals surface area contributed by atoms with Gasteiger partial charge in [0, 0.05) is 12.6 Å². The van der Waals surface area contributed by atoms with Gasteiger partial charge in [0.05, 0.1) is 5.25 Å². The topological polar surface area (TPSA) is 66.4 Å². The molecule has 13 heavy (non-hydrogen) atoms. The van der Waals surface area contributed by atoms with E-state index in [0.717, 1.165) is 19.3 Å². The van der Waals surface area contributed by atoms with Gasteiger partial charge in [-0.05, 0) is 25.7 Å². The molecule has 1 aliphatic rings. The highest BCUT2D eigenvalue weighted by Gasteiger charge is 2.36. The molecular weight excluding hydrogens is 190 g/mol. The van der Waals surface area contributed by atoms with Crippen molar-refractivity contribution in [2.75, 3.05) is 6.61 Å². The van der Waals surface area contributed by atoms with E-state index in [4.69, 9.17) is 5.11 Å². The third kappa shape index (κ3) is 3.25. The van der Waals surface area contributed by atoms with Crippen molar-refractivity contribution >= 4 is 10.0 Å². The highest BCUT2D eigenvalue weighted by Crippen LogP contribution is 2.27. The first-order valence-electron chi connectivity index (χ1n) is 4.72. The van der Waals surface area contributed by atoms with E-state index in [1.165, 1.54) is 0 Å². The number of hydrogen-bond acceptors (Lipinski definition) is 3. The lowest BCUT2D eigenvalue weighted by Gasteiger charge is -2.15. The summed E-state index contributed by atoms with van der Waals surface area (Å²) in [6.07, 6.45) is 2.80. The summed E-state index contributed by atoms with van der Waals surface area (Å²) >= 11 is 0. The lowest BCUT2D eigenvalue weighted by molar-refractivity contribution is 0.270. The van der Waals surface area contributed by atoms with Gasteiger partial charge in [-0.15, -0.1) is 0 Å². The fourth-order valence-corrected chi connectivity index (χ4v) is 2.91. The van der Waals surface area contributed by atoms with Gasteiger partial charge in [-0.25, -0.2) is 13.1 Å². The van der Waals surface area contributed by atoms with Gasteiger partial charge in [-0.2, -0.15) is 0 Å². The van der Waals surface area contributed by atoms with E-state index in [0.29, 0.717) is 6.42 Å². The molecule has 0 saturated heterocycles. The summed E-state index contributed by atoms with van der Waals surface area (Å²) in [6, 6.07) is -0.101. The SMILES string of the molecule is CCC(CCO)NS(=O)(=O)C1CC1. The zero-order valence-corrected chi connectivity index (χ0v) is 8.68. The minimum atomic E-state index is -3.08. The molecule has 2 N–H and O–H groups in total. The number of aliphatic hydroxyl groups is 1. The number of aliphatic hydroxyl groups excluding tert-OH is 1. The fraction of sp³-hybridized carbons (Fsp3) is 1.00. The van der Waals surface area contributed by atoms with Crippen LogP contribution in [-0.4, -0.2) is 31.4 Å². The predicted molar refractivity (Wildman–Crippen MR) is 50.9 cm³/mol. The van der Waals surface area contributed by atoms with E-state index < -0.39 is 10.0 Å². The number of nitrogens with one attached hydrogen (secondary N) is 1. The molecule has 5 heteroatoms. The van der Waals surface area contributed by atoms with Gasteiger partial charge >= 0.3 is 0 Å². The van der Waals surface area contributed by atoms with E-state index >= 15 is 0 Å². The highest BCUT2D eigenvalue weighted by atomic mass is 32.2. The first-order valence-corrected chi connectivity index (χ1v) is 6.26. The maximum absolute atomic E-state index is 11.4. The van der Waals surface area contributed by atoms with Crippen LogP contribution in [-0.2, 0) is 10.0 Å². The molecule has 1 saturated carbocycles. The zero-order valence-electron chi connectivity index (χ0n) is 7.86. The Bertz CT molecular complexity index is 246. The highest BCUT2D eigenvalue weighted by molar-refractivity contribution is 7.90. The van der Waals surface area contributed by atoms with Gasteiger partial charge in [0.1, 0.15) is 0 Å². The van der Waals surface area contributed by atoms with Crippen molar-refractivity contribution in [3.63, 3.8) is 0 Å². The Labute approximate surface area is 79.4 Å². The van der Waals surface area contributed by atoms with Crippen molar-refractivity contribution in [2.24, 2.45) is 0 Å². The van der Waals surface area contributed by atoms with Crippen LogP contribution in [0.2, 0.25) is 0 Å². The Morgan fingerprint density at radius 1 is 1.54 bits per heavy atom. The Balaban J connectivity index is 2.44. The summed E-state index contributed by atoms with van der Waals surface area (Å²) in [6.45, 7) is 1.95. The van der Waals surface area contributed by atoms with Crippen LogP contribution < -0.4 is 4.72 Å². The molecule has 1 atom stereocenters. The van der Waals surface area contributed by atoms with E-state index in [1.807, 2.05) is 6.92 Å². The Morgan fingerprint density at radius 2 is 2.15 bits per heavy atom. The molecule has 1 fully saturated rings. The molecular formula is C8H17NO3S. The van der Waals surface area contributed by atoms with E-state index in [2.05, 4.69) is 4.72 Å². The van der Waals surface area contributed by atoms with Gasteiger partial charge in [0.2, 0.25) is 10.0 Å². The van der Waals surface area contributed by atoms with Crippen LogP contribution in [0.5, 0.6) is 0 Å². The van der Waals surface area contributed by atoms with Crippen LogP contribution in [0.15, 0.2) is 0 Å². The van der Waals surface area contributed by atoms with Crippen molar-refractivity contribution in [1.82, 2.24) is 4.72 Å². The average Bonchev–Trinajstić information content (AvgIpc) is 2.85. The number of hydrogen-bond donors (Lipinski definition) is 2. The summed E-state index contributed by atoms with van der Waals surface area (Å²) in [4.78, 5) is 0. The van der Waals surface area contributed by atoms with E-state index in [1.54, 1.807) is 0 Å². The molecule has 0 amide bonds. The quantitative estimate of drug-likeness (QED) is 0.655. The largest absolute Gasteiger partial charge is 0.396 e. The van der Waals surface area contributed by atoms with Gasteiger partial charge in [-0.1, -0.05) is 6.92 Å². The second-order valence-corrected chi connectivity index (χ2v) is 5.47. The van der Waals surface area contributed by atoms with Crippen LogP contribution >= 0.6 is 0 Å². The lowest BCUT2D eigenvalue weighted by Crippen LogP contribution is -2.37. The minimum Gasteiger partial charge on any atom is -0.396 e.